The Morgan fingerprint density at radius 2 is 1.69 bits per heavy atom. The van der Waals surface area contributed by atoms with Crippen LogP contribution in [0.4, 0.5) is 0 Å². The molecule has 0 spiro atoms. The van der Waals surface area contributed by atoms with Crippen LogP contribution in [-0.4, -0.2) is 32.3 Å². The van der Waals surface area contributed by atoms with Crippen molar-refractivity contribution in [1.29, 1.82) is 5.26 Å². The van der Waals surface area contributed by atoms with Crippen molar-refractivity contribution in [3.63, 3.8) is 0 Å². The van der Waals surface area contributed by atoms with E-state index in [1.54, 1.807) is 50.2 Å². The van der Waals surface area contributed by atoms with Gasteiger partial charge in [0.1, 0.15) is 17.4 Å². The van der Waals surface area contributed by atoms with Crippen LogP contribution in [-0.2, 0) is 9.53 Å². The Morgan fingerprint density at radius 1 is 1.00 bits per heavy atom. The lowest BCUT2D eigenvalue weighted by molar-refractivity contribution is -0.142. The Balaban J connectivity index is 2.23. The summed E-state index contributed by atoms with van der Waals surface area (Å²) in [5, 5.41) is 9.21. The number of hydrogen-bond donors (Lipinski definition) is 0. The number of benzene rings is 2. The van der Waals surface area contributed by atoms with Crippen LogP contribution in [0.25, 0.3) is 6.08 Å². The molecule has 29 heavy (non-hydrogen) atoms. The maximum atomic E-state index is 12.3. The largest absolute Gasteiger partial charge is 0.497 e. The van der Waals surface area contributed by atoms with Crippen molar-refractivity contribution in [2.75, 3.05) is 14.2 Å². The summed E-state index contributed by atoms with van der Waals surface area (Å²) in [6.07, 6.45) is 1.04. The van der Waals surface area contributed by atoms with Crippen molar-refractivity contribution in [2.24, 2.45) is 0 Å². The highest BCUT2D eigenvalue weighted by Crippen LogP contribution is 2.30. The predicted molar refractivity (Wildman–Crippen MR) is 106 cm³/mol. The van der Waals surface area contributed by atoms with E-state index in [0.29, 0.717) is 16.9 Å². The lowest BCUT2D eigenvalue weighted by Gasteiger charge is -2.11. The highest BCUT2D eigenvalue weighted by molar-refractivity contribution is 5.98. The average Bonchev–Trinajstić information content (AvgIpc) is 2.72. The highest BCUT2D eigenvalue weighted by atomic mass is 16.6. The molecule has 0 aliphatic heterocycles. The molecule has 0 heterocycles. The van der Waals surface area contributed by atoms with E-state index in [0.717, 1.165) is 0 Å². The fraction of sp³-hybridized carbons (Fsp3) is 0.227. The van der Waals surface area contributed by atoms with Crippen LogP contribution in [0.1, 0.15) is 29.8 Å². The molecule has 7 heteroatoms. The molecule has 0 saturated carbocycles. The fourth-order valence-corrected chi connectivity index (χ4v) is 2.33. The number of carbonyl (C=O) groups is 2. The zero-order valence-corrected chi connectivity index (χ0v) is 16.6. The number of rotatable bonds is 7. The third-order valence-electron chi connectivity index (χ3n) is 3.71. The Bertz CT molecular complexity index is 954. The molecule has 0 aliphatic carbocycles. The topological polar surface area (TPSA) is 94.9 Å². The molecule has 0 atom stereocenters. The van der Waals surface area contributed by atoms with Gasteiger partial charge in [0.25, 0.3) is 0 Å². The standard InChI is InChI=1S/C22H21NO6/c1-14(2)28-22(25)17(13-23)11-15-5-10-19(20(12-15)27-4)29-21(24)16-6-8-18(26-3)9-7-16/h5-12,14H,1-4H3/b17-11+. The molecule has 2 aromatic carbocycles. The lowest BCUT2D eigenvalue weighted by atomic mass is 10.1. The van der Waals surface area contributed by atoms with Gasteiger partial charge in [-0.1, -0.05) is 6.07 Å². The van der Waals surface area contributed by atoms with Crippen molar-refractivity contribution in [1.82, 2.24) is 0 Å². The van der Waals surface area contributed by atoms with Crippen LogP contribution in [0.2, 0.25) is 0 Å². The summed E-state index contributed by atoms with van der Waals surface area (Å²) in [5.74, 6) is -0.174. The molecule has 150 valence electrons. The van der Waals surface area contributed by atoms with E-state index in [9.17, 15) is 14.9 Å². The van der Waals surface area contributed by atoms with Gasteiger partial charge in [0.2, 0.25) is 0 Å². The van der Waals surface area contributed by atoms with Gasteiger partial charge >= 0.3 is 11.9 Å². The molecule has 0 N–H and O–H groups in total. The summed E-state index contributed by atoms with van der Waals surface area (Å²) in [7, 11) is 2.96. The second kappa shape index (κ2) is 9.95. The molecule has 0 aromatic heterocycles. The Labute approximate surface area is 169 Å². The van der Waals surface area contributed by atoms with Gasteiger partial charge in [-0.05, 0) is 61.9 Å². The van der Waals surface area contributed by atoms with Crippen LogP contribution >= 0.6 is 0 Å². The molecule has 0 unspecified atom stereocenters. The number of ether oxygens (including phenoxy) is 4. The first-order valence-electron chi connectivity index (χ1n) is 8.75. The average molecular weight is 395 g/mol. The third-order valence-corrected chi connectivity index (χ3v) is 3.71. The minimum Gasteiger partial charge on any atom is -0.497 e. The fourth-order valence-electron chi connectivity index (χ4n) is 2.33. The number of hydrogen-bond acceptors (Lipinski definition) is 7. The molecule has 0 bridgehead atoms. The van der Waals surface area contributed by atoms with E-state index >= 15 is 0 Å². The lowest BCUT2D eigenvalue weighted by Crippen LogP contribution is -2.12. The van der Waals surface area contributed by atoms with Gasteiger partial charge in [0.05, 0.1) is 25.9 Å². The van der Waals surface area contributed by atoms with E-state index in [1.165, 1.54) is 26.4 Å². The van der Waals surface area contributed by atoms with E-state index in [4.69, 9.17) is 18.9 Å². The van der Waals surface area contributed by atoms with Crippen molar-refractivity contribution in [3.05, 3.63) is 59.2 Å². The zero-order valence-electron chi connectivity index (χ0n) is 16.6. The van der Waals surface area contributed by atoms with Gasteiger partial charge in [0.15, 0.2) is 11.5 Å². The monoisotopic (exact) mass is 395 g/mol. The number of esters is 2. The van der Waals surface area contributed by atoms with Crippen LogP contribution in [0, 0.1) is 11.3 Å². The quantitative estimate of drug-likeness (QED) is 0.305. The molecule has 2 rings (SSSR count). The normalized spacial score (nSPS) is 10.8. The van der Waals surface area contributed by atoms with Gasteiger partial charge in [-0.2, -0.15) is 5.26 Å². The first-order valence-corrected chi connectivity index (χ1v) is 8.75. The minimum absolute atomic E-state index is 0.149. The van der Waals surface area contributed by atoms with E-state index in [-0.39, 0.29) is 23.2 Å². The number of nitriles is 1. The first kappa shape index (κ1) is 21.5. The van der Waals surface area contributed by atoms with Gasteiger partial charge in [-0.3, -0.25) is 0 Å². The Kier molecular flexibility index (Phi) is 7.38. The van der Waals surface area contributed by atoms with Gasteiger partial charge in [0, 0.05) is 0 Å². The van der Waals surface area contributed by atoms with Gasteiger partial charge < -0.3 is 18.9 Å². The van der Waals surface area contributed by atoms with Crippen LogP contribution in [0.15, 0.2) is 48.0 Å². The molecular weight excluding hydrogens is 374 g/mol. The first-order chi connectivity index (χ1) is 13.9. The van der Waals surface area contributed by atoms with Crippen molar-refractivity contribution in [3.8, 4) is 23.3 Å². The van der Waals surface area contributed by atoms with E-state index in [2.05, 4.69) is 0 Å². The molecule has 0 radical (unpaired) electrons. The molecule has 0 fully saturated rings. The van der Waals surface area contributed by atoms with E-state index in [1.807, 2.05) is 6.07 Å². The SMILES string of the molecule is COc1ccc(C(=O)Oc2ccc(/C=C(\C#N)C(=O)OC(C)C)cc2OC)cc1. The molecule has 7 nitrogen and oxygen atoms in total. The van der Waals surface area contributed by atoms with Crippen LogP contribution in [0.5, 0.6) is 17.2 Å². The predicted octanol–water partition coefficient (Wildman–Crippen LogP) is 3.78. The molecule has 0 aliphatic rings. The van der Waals surface area contributed by atoms with Crippen molar-refractivity contribution < 1.29 is 28.5 Å². The highest BCUT2D eigenvalue weighted by Gasteiger charge is 2.15. The third kappa shape index (κ3) is 5.84. The smallest absolute Gasteiger partial charge is 0.349 e. The number of methoxy groups -OCH3 is 2. The summed E-state index contributed by atoms with van der Waals surface area (Å²) in [6.45, 7) is 3.39. The minimum atomic E-state index is -0.712. The van der Waals surface area contributed by atoms with Gasteiger partial charge in [-0.15, -0.1) is 0 Å². The summed E-state index contributed by atoms with van der Waals surface area (Å²) < 4.78 is 20.8. The zero-order chi connectivity index (χ0) is 21.4. The maximum absolute atomic E-state index is 12.3. The van der Waals surface area contributed by atoms with Gasteiger partial charge in [-0.25, -0.2) is 9.59 Å². The van der Waals surface area contributed by atoms with Crippen LogP contribution in [0.3, 0.4) is 0 Å². The second-order valence-electron chi connectivity index (χ2n) is 6.15. The summed E-state index contributed by atoms with van der Waals surface area (Å²) >= 11 is 0. The molecule has 0 amide bonds. The van der Waals surface area contributed by atoms with Crippen LogP contribution < -0.4 is 14.2 Å². The molecule has 0 saturated heterocycles. The van der Waals surface area contributed by atoms with Crippen molar-refractivity contribution >= 4 is 18.0 Å². The maximum Gasteiger partial charge on any atom is 0.349 e. The summed E-state index contributed by atoms with van der Waals surface area (Å²) in [6, 6.07) is 13.0. The number of nitrogens with zero attached hydrogens (tertiary/aromatic N) is 1. The Hall–Kier alpha value is -3.79. The summed E-state index contributed by atoms with van der Waals surface area (Å²) in [4.78, 5) is 24.3. The Morgan fingerprint density at radius 3 is 2.24 bits per heavy atom. The molecular formula is C22H21NO6. The van der Waals surface area contributed by atoms with E-state index < -0.39 is 11.9 Å². The summed E-state index contributed by atoms with van der Waals surface area (Å²) in [5.41, 5.74) is 0.715. The second-order valence-corrected chi connectivity index (χ2v) is 6.15. The van der Waals surface area contributed by atoms with Crippen molar-refractivity contribution in [2.45, 2.75) is 20.0 Å². The molecule has 2 aromatic rings. The number of carbonyl (C=O) groups excluding carboxylic acids is 2.